The fourth-order valence-corrected chi connectivity index (χ4v) is 1.53. The molecule has 1 aromatic rings. The lowest BCUT2D eigenvalue weighted by molar-refractivity contribution is 0.118. The molecular formula is C14H23NO. The van der Waals surface area contributed by atoms with Crippen LogP contribution in [0, 0.1) is 6.92 Å². The molecule has 0 heterocycles. The van der Waals surface area contributed by atoms with Crippen LogP contribution in [0.2, 0.25) is 0 Å². The molecule has 1 rings (SSSR count). The van der Waals surface area contributed by atoms with Crippen molar-refractivity contribution < 1.29 is 4.74 Å². The molecule has 0 bridgehead atoms. The van der Waals surface area contributed by atoms with Crippen molar-refractivity contribution in [1.82, 2.24) is 0 Å². The summed E-state index contributed by atoms with van der Waals surface area (Å²) in [6.45, 7) is 11.0. The Balaban J connectivity index is 2.97. The highest BCUT2D eigenvalue weighted by molar-refractivity contribution is 5.35. The van der Waals surface area contributed by atoms with Crippen LogP contribution in [-0.2, 0) is 0 Å². The molecule has 1 aromatic carbocycles. The zero-order valence-corrected chi connectivity index (χ0v) is 11.0. The molecule has 2 nitrogen and oxygen atoms in total. The summed E-state index contributed by atoms with van der Waals surface area (Å²) in [6.07, 6.45) is 0. The largest absolute Gasteiger partial charge is 0.487 e. The maximum absolute atomic E-state index is 5.90. The second-order valence-electron chi connectivity index (χ2n) is 5.30. The zero-order valence-electron chi connectivity index (χ0n) is 11.0. The van der Waals surface area contributed by atoms with Crippen LogP contribution in [0.25, 0.3) is 0 Å². The molecule has 2 heteroatoms. The molecule has 0 spiro atoms. The lowest BCUT2D eigenvalue weighted by Gasteiger charge is -2.25. The Morgan fingerprint density at radius 3 is 2.38 bits per heavy atom. The fraction of sp³-hybridized carbons (Fsp3) is 0.571. The van der Waals surface area contributed by atoms with E-state index in [2.05, 4.69) is 39.0 Å². The molecule has 90 valence electrons. The molecule has 0 fully saturated rings. The van der Waals surface area contributed by atoms with Gasteiger partial charge in [0, 0.05) is 6.54 Å². The van der Waals surface area contributed by atoms with Crippen LogP contribution in [0.1, 0.15) is 44.7 Å². The van der Waals surface area contributed by atoms with E-state index in [0.717, 1.165) is 5.75 Å². The molecule has 0 amide bonds. The third kappa shape index (κ3) is 3.53. The van der Waals surface area contributed by atoms with Crippen LogP contribution in [0.15, 0.2) is 18.2 Å². The quantitative estimate of drug-likeness (QED) is 0.847. The molecule has 0 saturated carbocycles. The first-order valence-electron chi connectivity index (χ1n) is 5.85. The topological polar surface area (TPSA) is 35.2 Å². The second-order valence-corrected chi connectivity index (χ2v) is 5.30. The highest BCUT2D eigenvalue weighted by Gasteiger charge is 2.17. The molecule has 0 aliphatic heterocycles. The summed E-state index contributed by atoms with van der Waals surface area (Å²) in [5.41, 5.74) is 7.90. The normalized spacial score (nSPS) is 11.9. The predicted molar refractivity (Wildman–Crippen MR) is 69.0 cm³/mol. The maximum Gasteiger partial charge on any atom is 0.120 e. The summed E-state index contributed by atoms with van der Waals surface area (Å²) in [6, 6.07) is 6.37. The minimum absolute atomic E-state index is 0.304. The van der Waals surface area contributed by atoms with Gasteiger partial charge in [0.05, 0.1) is 0 Å². The van der Waals surface area contributed by atoms with Crippen LogP contribution in [0.3, 0.4) is 0 Å². The van der Waals surface area contributed by atoms with Gasteiger partial charge in [0.1, 0.15) is 11.4 Å². The minimum Gasteiger partial charge on any atom is -0.487 e. The van der Waals surface area contributed by atoms with Gasteiger partial charge in [-0.15, -0.1) is 0 Å². The van der Waals surface area contributed by atoms with Crippen molar-refractivity contribution in [1.29, 1.82) is 0 Å². The van der Waals surface area contributed by atoms with Gasteiger partial charge in [-0.3, -0.25) is 0 Å². The number of aryl methyl sites for hydroxylation is 1. The van der Waals surface area contributed by atoms with Crippen LogP contribution < -0.4 is 10.5 Å². The van der Waals surface area contributed by atoms with E-state index in [1.54, 1.807) is 0 Å². The van der Waals surface area contributed by atoms with E-state index in [-0.39, 0.29) is 5.60 Å². The van der Waals surface area contributed by atoms with Crippen molar-refractivity contribution in [3.05, 3.63) is 29.3 Å². The number of benzene rings is 1. The summed E-state index contributed by atoms with van der Waals surface area (Å²) < 4.78 is 5.90. The summed E-state index contributed by atoms with van der Waals surface area (Å²) in [5, 5.41) is 0. The molecule has 16 heavy (non-hydrogen) atoms. The number of hydrogen-bond donors (Lipinski definition) is 1. The van der Waals surface area contributed by atoms with Crippen molar-refractivity contribution in [3.63, 3.8) is 0 Å². The van der Waals surface area contributed by atoms with Crippen LogP contribution in [-0.4, -0.2) is 12.1 Å². The standard InChI is InChI=1S/C14H23NO/c1-10(2)12-6-11(3)7-13(8-12)16-14(4,5)9-15/h6-8,10H,9,15H2,1-5H3. The van der Waals surface area contributed by atoms with E-state index in [0.29, 0.717) is 12.5 Å². The first-order chi connectivity index (χ1) is 7.34. The smallest absolute Gasteiger partial charge is 0.120 e. The van der Waals surface area contributed by atoms with Gasteiger partial charge in [0.2, 0.25) is 0 Å². The highest BCUT2D eigenvalue weighted by atomic mass is 16.5. The Labute approximate surface area is 98.8 Å². The van der Waals surface area contributed by atoms with Gasteiger partial charge in [0.25, 0.3) is 0 Å². The predicted octanol–water partition coefficient (Wildman–Crippen LogP) is 3.23. The van der Waals surface area contributed by atoms with Gasteiger partial charge in [-0.2, -0.15) is 0 Å². The average molecular weight is 221 g/mol. The van der Waals surface area contributed by atoms with Crippen LogP contribution in [0.4, 0.5) is 0 Å². The first kappa shape index (κ1) is 13.0. The van der Waals surface area contributed by atoms with E-state index >= 15 is 0 Å². The molecule has 0 aliphatic carbocycles. The monoisotopic (exact) mass is 221 g/mol. The minimum atomic E-state index is -0.304. The SMILES string of the molecule is Cc1cc(OC(C)(C)CN)cc(C(C)C)c1. The molecule has 2 N–H and O–H groups in total. The number of nitrogens with two attached hydrogens (primary N) is 1. The maximum atomic E-state index is 5.90. The summed E-state index contributed by atoms with van der Waals surface area (Å²) >= 11 is 0. The Kier molecular flexibility index (Phi) is 3.98. The third-order valence-electron chi connectivity index (χ3n) is 2.63. The Bertz CT molecular complexity index is 356. The number of hydrogen-bond acceptors (Lipinski definition) is 2. The Morgan fingerprint density at radius 2 is 1.88 bits per heavy atom. The fourth-order valence-electron chi connectivity index (χ4n) is 1.53. The lowest BCUT2D eigenvalue weighted by Crippen LogP contribution is -2.37. The zero-order chi connectivity index (χ0) is 12.3. The third-order valence-corrected chi connectivity index (χ3v) is 2.63. The molecule has 0 unspecified atom stereocenters. The summed E-state index contributed by atoms with van der Waals surface area (Å²) in [4.78, 5) is 0. The molecule has 0 radical (unpaired) electrons. The van der Waals surface area contributed by atoms with Gasteiger partial charge in [-0.25, -0.2) is 0 Å². The highest BCUT2D eigenvalue weighted by Crippen LogP contribution is 2.25. The van der Waals surface area contributed by atoms with E-state index in [1.807, 2.05) is 13.8 Å². The number of rotatable bonds is 4. The van der Waals surface area contributed by atoms with Gasteiger partial charge in [-0.05, 0) is 49.9 Å². The van der Waals surface area contributed by atoms with Crippen molar-refractivity contribution in [2.75, 3.05) is 6.54 Å². The Morgan fingerprint density at radius 1 is 1.25 bits per heavy atom. The molecular weight excluding hydrogens is 198 g/mol. The van der Waals surface area contributed by atoms with E-state index < -0.39 is 0 Å². The van der Waals surface area contributed by atoms with Gasteiger partial charge in [-0.1, -0.05) is 19.9 Å². The van der Waals surface area contributed by atoms with E-state index in [9.17, 15) is 0 Å². The second kappa shape index (κ2) is 4.88. The van der Waals surface area contributed by atoms with Crippen molar-refractivity contribution in [3.8, 4) is 5.75 Å². The van der Waals surface area contributed by atoms with Gasteiger partial charge >= 0.3 is 0 Å². The van der Waals surface area contributed by atoms with E-state index in [1.165, 1.54) is 11.1 Å². The number of ether oxygens (including phenoxy) is 1. The van der Waals surface area contributed by atoms with Crippen molar-refractivity contribution in [2.24, 2.45) is 5.73 Å². The molecule has 0 saturated heterocycles. The van der Waals surface area contributed by atoms with Gasteiger partial charge < -0.3 is 10.5 Å². The lowest BCUT2D eigenvalue weighted by atomic mass is 10.0. The Hall–Kier alpha value is -1.02. The van der Waals surface area contributed by atoms with Gasteiger partial charge in [0.15, 0.2) is 0 Å². The van der Waals surface area contributed by atoms with Crippen molar-refractivity contribution >= 4 is 0 Å². The molecule has 0 aliphatic rings. The van der Waals surface area contributed by atoms with Crippen LogP contribution in [0.5, 0.6) is 5.75 Å². The van der Waals surface area contributed by atoms with E-state index in [4.69, 9.17) is 10.5 Å². The molecule has 0 aromatic heterocycles. The molecule has 0 atom stereocenters. The summed E-state index contributed by atoms with van der Waals surface area (Å²) in [7, 11) is 0. The first-order valence-corrected chi connectivity index (χ1v) is 5.85. The average Bonchev–Trinajstić information content (AvgIpc) is 2.16. The van der Waals surface area contributed by atoms with Crippen molar-refractivity contribution in [2.45, 2.75) is 46.1 Å². The summed E-state index contributed by atoms with van der Waals surface area (Å²) in [5.74, 6) is 1.43. The van der Waals surface area contributed by atoms with Crippen LogP contribution >= 0.6 is 0 Å².